The lowest BCUT2D eigenvalue weighted by Gasteiger charge is -2.22. The van der Waals surface area contributed by atoms with Gasteiger partial charge in [-0.3, -0.25) is 4.79 Å². The molecule has 0 aliphatic carbocycles. The highest BCUT2D eigenvalue weighted by Crippen LogP contribution is 2.29. The number of hydrogen-bond donors (Lipinski definition) is 2. The summed E-state index contributed by atoms with van der Waals surface area (Å²) in [4.78, 5) is 27.7. The van der Waals surface area contributed by atoms with Crippen LogP contribution in [0.25, 0.3) is 16.9 Å². The Balaban J connectivity index is 1.54. The molecule has 7 nitrogen and oxygen atoms in total. The van der Waals surface area contributed by atoms with Gasteiger partial charge in [0.2, 0.25) is 5.91 Å². The van der Waals surface area contributed by atoms with Crippen molar-refractivity contribution in [2.24, 2.45) is 0 Å². The van der Waals surface area contributed by atoms with Gasteiger partial charge < -0.3 is 15.5 Å². The van der Waals surface area contributed by atoms with Gasteiger partial charge in [0.15, 0.2) is 0 Å². The van der Waals surface area contributed by atoms with Gasteiger partial charge in [-0.05, 0) is 30.2 Å². The van der Waals surface area contributed by atoms with Crippen molar-refractivity contribution in [3.63, 3.8) is 0 Å². The molecule has 3 amide bonds. The molecule has 0 saturated heterocycles. The smallest absolute Gasteiger partial charge is 0.318 e. The molecular weight excluding hydrogens is 521 g/mol. The summed E-state index contributed by atoms with van der Waals surface area (Å²) in [6, 6.07) is 25.9. The van der Waals surface area contributed by atoms with E-state index in [-0.39, 0.29) is 18.5 Å². The first-order valence-electron chi connectivity index (χ1n) is 12.4. The maximum absolute atomic E-state index is 13.2. The summed E-state index contributed by atoms with van der Waals surface area (Å²) < 4.78 is 1.61. The van der Waals surface area contributed by atoms with Crippen molar-refractivity contribution in [2.45, 2.75) is 26.3 Å². The summed E-state index contributed by atoms with van der Waals surface area (Å²) >= 11 is 12.4. The third-order valence-corrected chi connectivity index (χ3v) is 6.62. The Morgan fingerprint density at radius 3 is 2.32 bits per heavy atom. The first kappa shape index (κ1) is 27.2. The van der Waals surface area contributed by atoms with Gasteiger partial charge in [0.05, 0.1) is 21.4 Å². The van der Waals surface area contributed by atoms with Crippen molar-refractivity contribution in [3.05, 3.63) is 101 Å². The SMILES string of the molecule is CCCCN(CC(=O)Nc1cc(-c2ccccc2)nn1-c1ccc(Cl)c(Cl)c1)C(=O)NCc1ccccc1. The molecule has 38 heavy (non-hydrogen) atoms. The average Bonchev–Trinajstić information content (AvgIpc) is 3.35. The molecule has 0 fully saturated rings. The minimum Gasteiger partial charge on any atom is -0.334 e. The van der Waals surface area contributed by atoms with Crippen LogP contribution in [0.5, 0.6) is 0 Å². The first-order chi connectivity index (χ1) is 18.4. The van der Waals surface area contributed by atoms with E-state index in [1.165, 1.54) is 4.90 Å². The number of hydrogen-bond acceptors (Lipinski definition) is 3. The second-order valence-corrected chi connectivity index (χ2v) is 9.57. The number of amides is 3. The number of urea groups is 1. The average molecular weight is 550 g/mol. The number of rotatable bonds is 10. The molecule has 0 spiro atoms. The third kappa shape index (κ3) is 7.15. The molecule has 196 valence electrons. The Morgan fingerprint density at radius 1 is 0.921 bits per heavy atom. The summed E-state index contributed by atoms with van der Waals surface area (Å²) in [7, 11) is 0. The molecule has 0 saturated carbocycles. The van der Waals surface area contributed by atoms with Gasteiger partial charge in [0, 0.05) is 24.7 Å². The summed E-state index contributed by atoms with van der Waals surface area (Å²) in [5.41, 5.74) is 3.20. The molecule has 0 aliphatic rings. The Morgan fingerprint density at radius 2 is 1.63 bits per heavy atom. The quantitative estimate of drug-likeness (QED) is 0.228. The Labute approximate surface area is 232 Å². The highest BCUT2D eigenvalue weighted by Gasteiger charge is 2.19. The number of nitrogens with zero attached hydrogens (tertiary/aromatic N) is 3. The van der Waals surface area contributed by atoms with Crippen LogP contribution in [-0.2, 0) is 11.3 Å². The number of benzene rings is 3. The van der Waals surface area contributed by atoms with Crippen LogP contribution in [0.3, 0.4) is 0 Å². The molecule has 4 aromatic rings. The van der Waals surface area contributed by atoms with Crippen molar-refractivity contribution in [1.29, 1.82) is 0 Å². The summed E-state index contributed by atoms with van der Waals surface area (Å²) in [5.74, 6) is 0.115. The van der Waals surface area contributed by atoms with E-state index >= 15 is 0 Å². The second-order valence-electron chi connectivity index (χ2n) is 8.76. The van der Waals surface area contributed by atoms with E-state index in [1.54, 1.807) is 28.9 Å². The molecule has 1 aromatic heterocycles. The number of nitrogens with one attached hydrogen (secondary N) is 2. The molecule has 2 N–H and O–H groups in total. The first-order valence-corrected chi connectivity index (χ1v) is 13.2. The summed E-state index contributed by atoms with van der Waals surface area (Å²) in [5, 5.41) is 11.4. The predicted molar refractivity (Wildman–Crippen MR) is 153 cm³/mol. The van der Waals surface area contributed by atoms with Crippen molar-refractivity contribution in [2.75, 3.05) is 18.4 Å². The van der Waals surface area contributed by atoms with E-state index in [2.05, 4.69) is 10.6 Å². The minimum atomic E-state index is -0.336. The number of halogens is 2. The molecular formula is C29H29Cl2N5O2. The Hall–Kier alpha value is -3.81. The van der Waals surface area contributed by atoms with Gasteiger partial charge in [-0.15, -0.1) is 0 Å². The van der Waals surface area contributed by atoms with Crippen LogP contribution in [0.1, 0.15) is 25.3 Å². The van der Waals surface area contributed by atoms with Gasteiger partial charge in [0.25, 0.3) is 0 Å². The minimum absolute atomic E-state index is 0.103. The van der Waals surface area contributed by atoms with Crippen LogP contribution in [0.15, 0.2) is 84.9 Å². The number of unbranched alkanes of at least 4 members (excludes halogenated alkanes) is 1. The van der Waals surface area contributed by atoms with Crippen LogP contribution in [0.4, 0.5) is 10.6 Å². The third-order valence-electron chi connectivity index (χ3n) is 5.88. The second kappa shape index (κ2) is 13.1. The van der Waals surface area contributed by atoms with Crippen molar-refractivity contribution < 1.29 is 9.59 Å². The molecule has 0 aliphatic heterocycles. The zero-order chi connectivity index (χ0) is 26.9. The van der Waals surface area contributed by atoms with Crippen molar-refractivity contribution >= 4 is 41.0 Å². The lowest BCUT2D eigenvalue weighted by atomic mass is 10.1. The van der Waals surface area contributed by atoms with E-state index < -0.39 is 0 Å². The fraction of sp³-hybridized carbons (Fsp3) is 0.207. The van der Waals surface area contributed by atoms with Crippen LogP contribution in [0, 0.1) is 0 Å². The molecule has 3 aromatic carbocycles. The topological polar surface area (TPSA) is 79.3 Å². The molecule has 0 unspecified atom stereocenters. The fourth-order valence-electron chi connectivity index (χ4n) is 3.88. The van der Waals surface area contributed by atoms with Crippen molar-refractivity contribution in [1.82, 2.24) is 20.0 Å². The summed E-state index contributed by atoms with van der Waals surface area (Å²) in [6.07, 6.45) is 1.68. The fourth-order valence-corrected chi connectivity index (χ4v) is 4.17. The monoisotopic (exact) mass is 549 g/mol. The Bertz CT molecular complexity index is 1380. The van der Waals surface area contributed by atoms with Crippen LogP contribution < -0.4 is 10.6 Å². The number of aromatic nitrogens is 2. The van der Waals surface area contributed by atoms with E-state index in [4.69, 9.17) is 28.3 Å². The van der Waals surface area contributed by atoms with Gasteiger partial charge in [-0.2, -0.15) is 5.10 Å². The predicted octanol–water partition coefficient (Wildman–Crippen LogP) is 6.80. The number of carbonyl (C=O) groups excluding carboxylic acids is 2. The molecule has 0 radical (unpaired) electrons. The maximum atomic E-state index is 13.2. The maximum Gasteiger partial charge on any atom is 0.318 e. The van der Waals surface area contributed by atoms with Gasteiger partial charge in [-0.1, -0.05) is 97.2 Å². The van der Waals surface area contributed by atoms with E-state index in [0.717, 1.165) is 24.0 Å². The van der Waals surface area contributed by atoms with Crippen molar-refractivity contribution in [3.8, 4) is 16.9 Å². The van der Waals surface area contributed by atoms with Crippen LogP contribution in [0.2, 0.25) is 10.0 Å². The van der Waals surface area contributed by atoms with Gasteiger partial charge in [-0.25, -0.2) is 9.48 Å². The highest BCUT2D eigenvalue weighted by molar-refractivity contribution is 6.42. The zero-order valence-electron chi connectivity index (χ0n) is 21.0. The number of anilines is 1. The normalized spacial score (nSPS) is 10.7. The lowest BCUT2D eigenvalue weighted by molar-refractivity contribution is -0.116. The molecule has 1 heterocycles. The zero-order valence-corrected chi connectivity index (χ0v) is 22.5. The molecule has 0 atom stereocenters. The number of carbonyl (C=O) groups is 2. The largest absolute Gasteiger partial charge is 0.334 e. The Kier molecular flexibility index (Phi) is 9.40. The van der Waals surface area contributed by atoms with Gasteiger partial charge in [0.1, 0.15) is 12.4 Å². The molecule has 0 bridgehead atoms. The van der Waals surface area contributed by atoms with Crippen LogP contribution >= 0.6 is 23.2 Å². The van der Waals surface area contributed by atoms with E-state index in [9.17, 15) is 9.59 Å². The standard InChI is InChI=1S/C29H29Cl2N5O2/c1-2-3-16-35(29(38)32-19-21-10-6-4-7-11-21)20-28(37)33-27-18-26(22-12-8-5-9-13-22)34-36(27)23-14-15-24(30)25(31)17-23/h4-15,17-18H,2-3,16,19-20H2,1H3,(H,32,38)(H,33,37). The van der Waals surface area contributed by atoms with E-state index in [1.807, 2.05) is 67.6 Å². The van der Waals surface area contributed by atoms with Crippen LogP contribution in [-0.4, -0.2) is 39.7 Å². The highest BCUT2D eigenvalue weighted by atomic mass is 35.5. The molecule has 9 heteroatoms. The summed E-state index contributed by atoms with van der Waals surface area (Å²) in [6.45, 7) is 2.79. The molecule has 4 rings (SSSR count). The van der Waals surface area contributed by atoms with Gasteiger partial charge >= 0.3 is 6.03 Å². The lowest BCUT2D eigenvalue weighted by Crippen LogP contribution is -2.44. The van der Waals surface area contributed by atoms with E-state index in [0.29, 0.717) is 40.3 Å².